The summed E-state index contributed by atoms with van der Waals surface area (Å²) in [4.78, 5) is 2.58. The Labute approximate surface area is 93.2 Å². The van der Waals surface area contributed by atoms with E-state index in [0.29, 0.717) is 0 Å². The molecule has 1 saturated carbocycles. The van der Waals surface area contributed by atoms with Crippen LogP contribution in [0.1, 0.15) is 26.2 Å². The van der Waals surface area contributed by atoms with Gasteiger partial charge in [0.1, 0.15) is 0 Å². The van der Waals surface area contributed by atoms with Crippen LogP contribution in [0.5, 0.6) is 0 Å². The van der Waals surface area contributed by atoms with Gasteiger partial charge in [0.25, 0.3) is 0 Å². The van der Waals surface area contributed by atoms with Crippen LogP contribution in [0.2, 0.25) is 0 Å². The van der Waals surface area contributed by atoms with E-state index in [9.17, 15) is 0 Å². The number of rotatable bonds is 2. The Morgan fingerprint density at radius 2 is 2.20 bits per heavy atom. The maximum absolute atomic E-state index is 2.58. The molecule has 0 bridgehead atoms. The number of allylic oxidation sites excluding steroid dienone is 4. The SMILES string of the molecule is CC1=C/C=C/CCN(CC2CC2)C\C=C\1. The Balaban J connectivity index is 1.91. The first-order chi connectivity index (χ1) is 7.34. The predicted octanol–water partition coefficient (Wildman–Crippen LogP) is 3.16. The first-order valence-corrected chi connectivity index (χ1v) is 6.07. The summed E-state index contributed by atoms with van der Waals surface area (Å²) in [5.41, 5.74) is 1.35. The maximum atomic E-state index is 2.58. The second-order valence-corrected chi connectivity index (χ2v) is 4.73. The van der Waals surface area contributed by atoms with E-state index in [2.05, 4.69) is 42.2 Å². The van der Waals surface area contributed by atoms with Crippen molar-refractivity contribution in [2.24, 2.45) is 5.92 Å². The lowest BCUT2D eigenvalue weighted by Gasteiger charge is -2.19. The molecule has 0 radical (unpaired) electrons. The smallest absolute Gasteiger partial charge is 0.0166 e. The lowest BCUT2D eigenvalue weighted by molar-refractivity contribution is 0.295. The quantitative estimate of drug-likeness (QED) is 0.666. The number of hydrogen-bond acceptors (Lipinski definition) is 1. The summed E-state index contributed by atoms with van der Waals surface area (Å²) >= 11 is 0. The molecule has 1 fully saturated rings. The van der Waals surface area contributed by atoms with Crippen LogP contribution in [0.3, 0.4) is 0 Å². The zero-order chi connectivity index (χ0) is 10.5. The van der Waals surface area contributed by atoms with Crippen molar-refractivity contribution in [2.45, 2.75) is 26.2 Å². The average molecular weight is 203 g/mol. The summed E-state index contributed by atoms with van der Waals surface area (Å²) < 4.78 is 0. The highest BCUT2D eigenvalue weighted by Crippen LogP contribution is 2.29. The van der Waals surface area contributed by atoms with Crippen LogP contribution in [0, 0.1) is 5.92 Å². The van der Waals surface area contributed by atoms with Crippen molar-refractivity contribution in [3.05, 3.63) is 36.0 Å². The van der Waals surface area contributed by atoms with Gasteiger partial charge < -0.3 is 0 Å². The molecule has 0 amide bonds. The molecule has 0 aromatic heterocycles. The Kier molecular flexibility index (Phi) is 3.79. The third-order valence-electron chi connectivity index (χ3n) is 3.06. The fourth-order valence-electron chi connectivity index (χ4n) is 1.94. The molecule has 82 valence electrons. The van der Waals surface area contributed by atoms with Crippen molar-refractivity contribution in [2.75, 3.05) is 19.6 Å². The van der Waals surface area contributed by atoms with Crippen LogP contribution in [0.4, 0.5) is 0 Å². The van der Waals surface area contributed by atoms with E-state index in [-0.39, 0.29) is 0 Å². The standard InChI is InChI=1S/C14H21N/c1-13-6-3-2-4-10-15(11-5-7-13)12-14-8-9-14/h2-3,5-7,14H,4,8-12H2,1H3/b3-2+,7-5+,13-6-. The van der Waals surface area contributed by atoms with Gasteiger partial charge in [-0.25, -0.2) is 0 Å². The molecule has 0 unspecified atom stereocenters. The minimum atomic E-state index is 1.00. The van der Waals surface area contributed by atoms with Crippen molar-refractivity contribution in [1.82, 2.24) is 4.90 Å². The van der Waals surface area contributed by atoms with Gasteiger partial charge in [-0.15, -0.1) is 0 Å². The first-order valence-electron chi connectivity index (χ1n) is 6.07. The van der Waals surface area contributed by atoms with E-state index in [1.807, 2.05) is 0 Å². The molecule has 0 aromatic rings. The summed E-state index contributed by atoms with van der Waals surface area (Å²) in [6.07, 6.45) is 15.3. The molecule has 0 N–H and O–H groups in total. The van der Waals surface area contributed by atoms with Crippen LogP contribution < -0.4 is 0 Å². The molecule has 0 atom stereocenters. The van der Waals surface area contributed by atoms with Crippen molar-refractivity contribution in [1.29, 1.82) is 0 Å². The maximum Gasteiger partial charge on any atom is 0.0166 e. The summed E-state index contributed by atoms with van der Waals surface area (Å²) in [5, 5.41) is 0. The minimum absolute atomic E-state index is 1.00. The molecule has 0 spiro atoms. The summed E-state index contributed by atoms with van der Waals surface area (Å²) in [7, 11) is 0. The molecule has 0 aromatic carbocycles. The van der Waals surface area contributed by atoms with Gasteiger partial charge >= 0.3 is 0 Å². The monoisotopic (exact) mass is 203 g/mol. The predicted molar refractivity (Wildman–Crippen MR) is 65.8 cm³/mol. The fourth-order valence-corrected chi connectivity index (χ4v) is 1.94. The van der Waals surface area contributed by atoms with Crippen LogP contribution >= 0.6 is 0 Å². The van der Waals surface area contributed by atoms with Gasteiger partial charge in [-0.1, -0.05) is 36.0 Å². The van der Waals surface area contributed by atoms with E-state index in [4.69, 9.17) is 0 Å². The van der Waals surface area contributed by atoms with Gasteiger partial charge in [0.15, 0.2) is 0 Å². The molecule has 1 nitrogen and oxygen atoms in total. The van der Waals surface area contributed by atoms with Crippen molar-refractivity contribution >= 4 is 0 Å². The molecule has 1 heterocycles. The molecule has 2 rings (SSSR count). The molecular formula is C14H21N. The molecular weight excluding hydrogens is 182 g/mol. The first kappa shape index (κ1) is 10.7. The van der Waals surface area contributed by atoms with Crippen LogP contribution in [-0.4, -0.2) is 24.5 Å². The summed E-state index contributed by atoms with van der Waals surface area (Å²) in [6.45, 7) is 5.80. The fraction of sp³-hybridized carbons (Fsp3) is 0.571. The van der Waals surface area contributed by atoms with Gasteiger partial charge in [-0.3, -0.25) is 4.90 Å². The van der Waals surface area contributed by atoms with Gasteiger partial charge in [0.2, 0.25) is 0 Å². The minimum Gasteiger partial charge on any atom is -0.299 e. The third kappa shape index (κ3) is 4.05. The van der Waals surface area contributed by atoms with Crippen LogP contribution in [0.25, 0.3) is 0 Å². The second-order valence-electron chi connectivity index (χ2n) is 4.73. The van der Waals surface area contributed by atoms with Gasteiger partial charge in [-0.05, 0) is 32.1 Å². The van der Waals surface area contributed by atoms with E-state index >= 15 is 0 Å². The number of hydrogen-bond donors (Lipinski definition) is 0. The van der Waals surface area contributed by atoms with Crippen LogP contribution in [-0.2, 0) is 0 Å². The van der Waals surface area contributed by atoms with Gasteiger partial charge in [0.05, 0.1) is 0 Å². The van der Waals surface area contributed by atoms with E-state index in [1.165, 1.54) is 37.9 Å². The van der Waals surface area contributed by atoms with E-state index in [1.54, 1.807) is 0 Å². The van der Waals surface area contributed by atoms with Crippen molar-refractivity contribution in [3.63, 3.8) is 0 Å². The lowest BCUT2D eigenvalue weighted by atomic mass is 10.2. The topological polar surface area (TPSA) is 3.24 Å². The van der Waals surface area contributed by atoms with Crippen molar-refractivity contribution < 1.29 is 0 Å². The Hall–Kier alpha value is -0.820. The Bertz CT molecular complexity index is 282. The molecule has 0 saturated heterocycles. The molecule has 1 aliphatic carbocycles. The van der Waals surface area contributed by atoms with E-state index < -0.39 is 0 Å². The lowest BCUT2D eigenvalue weighted by Crippen LogP contribution is -2.27. The zero-order valence-electron chi connectivity index (χ0n) is 9.65. The highest BCUT2D eigenvalue weighted by Gasteiger charge is 2.23. The second kappa shape index (κ2) is 5.32. The summed E-state index contributed by atoms with van der Waals surface area (Å²) in [5.74, 6) is 1.00. The Morgan fingerprint density at radius 3 is 3.00 bits per heavy atom. The zero-order valence-corrected chi connectivity index (χ0v) is 9.65. The highest BCUT2D eigenvalue weighted by atomic mass is 15.1. The third-order valence-corrected chi connectivity index (χ3v) is 3.06. The number of nitrogens with zero attached hydrogens (tertiary/aromatic N) is 1. The Morgan fingerprint density at radius 1 is 1.33 bits per heavy atom. The molecule has 1 aliphatic heterocycles. The van der Waals surface area contributed by atoms with E-state index in [0.717, 1.165) is 12.5 Å². The van der Waals surface area contributed by atoms with Gasteiger partial charge in [0, 0.05) is 19.6 Å². The molecule has 2 aliphatic rings. The van der Waals surface area contributed by atoms with Crippen LogP contribution in [0.15, 0.2) is 36.0 Å². The highest BCUT2D eigenvalue weighted by molar-refractivity contribution is 5.22. The van der Waals surface area contributed by atoms with Gasteiger partial charge in [-0.2, -0.15) is 0 Å². The van der Waals surface area contributed by atoms with Crippen molar-refractivity contribution in [3.8, 4) is 0 Å². The molecule has 1 heteroatoms. The average Bonchev–Trinajstić information content (AvgIpc) is 3.01. The normalized spacial score (nSPS) is 31.7. The largest absolute Gasteiger partial charge is 0.299 e. The molecule has 15 heavy (non-hydrogen) atoms. The summed E-state index contributed by atoms with van der Waals surface area (Å²) in [6, 6.07) is 0.